The Hall–Kier alpha value is -2.57. The molecule has 132 valence electrons. The summed E-state index contributed by atoms with van der Waals surface area (Å²) in [6.45, 7) is 5.29. The number of carboxylic acids is 1. The Morgan fingerprint density at radius 1 is 1.12 bits per heavy atom. The van der Waals surface area contributed by atoms with Crippen LogP contribution in [0.25, 0.3) is 0 Å². The zero-order chi connectivity index (χ0) is 18.3. The number of carbonyl (C=O) groups excluding carboxylic acids is 2. The predicted octanol–water partition coefficient (Wildman–Crippen LogP) is 1.57. The van der Waals surface area contributed by atoms with Crippen molar-refractivity contribution in [3.05, 3.63) is 35.9 Å². The molecule has 0 bridgehead atoms. The first kappa shape index (κ1) is 19.5. The van der Waals surface area contributed by atoms with Crippen molar-refractivity contribution in [2.75, 3.05) is 7.11 Å². The van der Waals surface area contributed by atoms with Gasteiger partial charge in [-0.05, 0) is 11.0 Å². The van der Waals surface area contributed by atoms with E-state index in [2.05, 4.69) is 15.4 Å². The lowest BCUT2D eigenvalue weighted by atomic mass is 9.86. The normalized spacial score (nSPS) is 13.5. The molecule has 0 radical (unpaired) electrons. The molecule has 2 amide bonds. The first-order valence-corrected chi connectivity index (χ1v) is 7.56. The number of rotatable bonds is 6. The predicted molar refractivity (Wildman–Crippen MR) is 88.5 cm³/mol. The summed E-state index contributed by atoms with van der Waals surface area (Å²) >= 11 is 0. The van der Waals surface area contributed by atoms with Gasteiger partial charge in [-0.2, -0.15) is 0 Å². The van der Waals surface area contributed by atoms with Crippen molar-refractivity contribution in [2.45, 2.75) is 39.3 Å². The molecule has 1 aromatic rings. The molecule has 0 aliphatic rings. The van der Waals surface area contributed by atoms with E-state index < -0.39 is 35.5 Å². The van der Waals surface area contributed by atoms with Crippen molar-refractivity contribution in [2.24, 2.45) is 5.41 Å². The summed E-state index contributed by atoms with van der Waals surface area (Å²) in [4.78, 5) is 35.4. The van der Waals surface area contributed by atoms with E-state index >= 15 is 0 Å². The number of nitrogens with one attached hydrogen (secondary N) is 2. The topological polar surface area (TPSA) is 105 Å². The number of aliphatic carboxylic acids is 1. The van der Waals surface area contributed by atoms with E-state index in [1.165, 1.54) is 7.11 Å². The molecule has 7 heteroatoms. The van der Waals surface area contributed by atoms with Crippen LogP contribution in [-0.2, 0) is 20.7 Å². The van der Waals surface area contributed by atoms with Crippen molar-refractivity contribution in [1.29, 1.82) is 0 Å². The minimum Gasteiger partial charge on any atom is -0.480 e. The van der Waals surface area contributed by atoms with Gasteiger partial charge in [0.15, 0.2) is 0 Å². The van der Waals surface area contributed by atoms with E-state index in [4.69, 9.17) is 0 Å². The average molecular weight is 336 g/mol. The number of ether oxygens (including phenoxy) is 1. The van der Waals surface area contributed by atoms with Gasteiger partial charge in [0.25, 0.3) is 0 Å². The van der Waals surface area contributed by atoms with Gasteiger partial charge in [0.2, 0.25) is 5.91 Å². The minimum atomic E-state index is -1.14. The van der Waals surface area contributed by atoms with Gasteiger partial charge < -0.3 is 20.5 Å². The molecule has 1 aromatic carbocycles. The zero-order valence-corrected chi connectivity index (χ0v) is 14.3. The molecule has 24 heavy (non-hydrogen) atoms. The molecule has 0 heterocycles. The summed E-state index contributed by atoms with van der Waals surface area (Å²) in [5.74, 6) is -1.71. The summed E-state index contributed by atoms with van der Waals surface area (Å²) in [5, 5.41) is 14.3. The second-order valence-corrected chi connectivity index (χ2v) is 6.52. The van der Waals surface area contributed by atoms with E-state index in [0.717, 1.165) is 5.56 Å². The maximum absolute atomic E-state index is 12.5. The lowest BCUT2D eigenvalue weighted by Gasteiger charge is -2.30. The second-order valence-electron chi connectivity index (χ2n) is 6.52. The fourth-order valence-electron chi connectivity index (χ4n) is 2.16. The highest BCUT2D eigenvalue weighted by atomic mass is 16.5. The van der Waals surface area contributed by atoms with Crippen LogP contribution in [0.5, 0.6) is 0 Å². The van der Waals surface area contributed by atoms with E-state index in [0.29, 0.717) is 0 Å². The van der Waals surface area contributed by atoms with Crippen LogP contribution in [0, 0.1) is 5.41 Å². The fourth-order valence-corrected chi connectivity index (χ4v) is 2.16. The molecule has 0 saturated carbocycles. The van der Waals surface area contributed by atoms with Crippen molar-refractivity contribution < 1.29 is 24.2 Å². The number of alkyl carbamates (subject to hydrolysis) is 1. The van der Waals surface area contributed by atoms with Gasteiger partial charge in [-0.3, -0.25) is 4.79 Å². The Labute approximate surface area is 141 Å². The van der Waals surface area contributed by atoms with Crippen LogP contribution >= 0.6 is 0 Å². The summed E-state index contributed by atoms with van der Waals surface area (Å²) < 4.78 is 4.53. The third-order valence-corrected chi connectivity index (χ3v) is 3.47. The molecule has 0 fully saturated rings. The van der Waals surface area contributed by atoms with Crippen molar-refractivity contribution >= 4 is 18.0 Å². The second kappa shape index (κ2) is 8.33. The lowest BCUT2D eigenvalue weighted by molar-refractivity contribution is -0.142. The van der Waals surface area contributed by atoms with E-state index in [9.17, 15) is 19.5 Å². The number of amides is 2. The number of hydrogen-bond acceptors (Lipinski definition) is 4. The van der Waals surface area contributed by atoms with Gasteiger partial charge in [-0.15, -0.1) is 0 Å². The molecule has 0 aromatic heterocycles. The molecule has 2 atom stereocenters. The zero-order valence-electron chi connectivity index (χ0n) is 14.3. The van der Waals surface area contributed by atoms with Gasteiger partial charge in [0, 0.05) is 6.42 Å². The fraction of sp³-hybridized carbons (Fsp3) is 0.471. The average Bonchev–Trinajstić information content (AvgIpc) is 2.51. The van der Waals surface area contributed by atoms with Crippen LogP contribution in [0.3, 0.4) is 0 Å². The standard InChI is InChI=1S/C17H24N2O5/c1-17(2,3)13(19-16(23)24-4)14(20)18-12(15(21)22)10-11-8-6-5-7-9-11/h5-9,12-13H,10H2,1-4H3,(H,18,20)(H,19,23)(H,21,22)/t12-,13+/m0/s1. The molecule has 0 aliphatic carbocycles. The van der Waals surface area contributed by atoms with Gasteiger partial charge in [0.1, 0.15) is 12.1 Å². The lowest BCUT2D eigenvalue weighted by Crippen LogP contribution is -2.57. The van der Waals surface area contributed by atoms with Crippen LogP contribution in [0.15, 0.2) is 30.3 Å². The molecular formula is C17H24N2O5. The highest BCUT2D eigenvalue weighted by Gasteiger charge is 2.35. The summed E-state index contributed by atoms with van der Waals surface area (Å²) in [5.41, 5.74) is 0.173. The highest BCUT2D eigenvalue weighted by Crippen LogP contribution is 2.20. The summed E-state index contributed by atoms with van der Waals surface area (Å²) in [6.07, 6.45) is -0.600. The molecule has 0 aliphatic heterocycles. The maximum Gasteiger partial charge on any atom is 0.407 e. The quantitative estimate of drug-likeness (QED) is 0.731. The molecule has 3 N–H and O–H groups in total. The first-order chi connectivity index (χ1) is 11.1. The van der Waals surface area contributed by atoms with E-state index in [-0.39, 0.29) is 6.42 Å². The molecule has 0 saturated heterocycles. The van der Waals surface area contributed by atoms with Gasteiger partial charge >= 0.3 is 12.1 Å². The molecule has 7 nitrogen and oxygen atoms in total. The Kier molecular flexibility index (Phi) is 6.76. The van der Waals surface area contributed by atoms with Crippen LogP contribution in [0.1, 0.15) is 26.3 Å². The van der Waals surface area contributed by atoms with Gasteiger partial charge in [-0.25, -0.2) is 9.59 Å². The Balaban J connectivity index is 2.88. The number of carbonyl (C=O) groups is 3. The van der Waals surface area contributed by atoms with Crippen molar-refractivity contribution in [3.8, 4) is 0 Å². The van der Waals surface area contributed by atoms with Crippen LogP contribution in [-0.4, -0.2) is 42.3 Å². The molecule has 0 spiro atoms. The third kappa shape index (κ3) is 5.91. The molecule has 0 unspecified atom stereocenters. The Morgan fingerprint density at radius 3 is 2.17 bits per heavy atom. The Bertz CT molecular complexity index is 580. The maximum atomic E-state index is 12.5. The number of hydrogen-bond donors (Lipinski definition) is 3. The number of benzene rings is 1. The van der Waals surface area contributed by atoms with Gasteiger partial charge in [-0.1, -0.05) is 51.1 Å². The highest BCUT2D eigenvalue weighted by molar-refractivity contribution is 5.89. The van der Waals surface area contributed by atoms with E-state index in [1.54, 1.807) is 45.0 Å². The summed E-state index contributed by atoms with van der Waals surface area (Å²) in [6, 6.07) is 6.98. The monoisotopic (exact) mass is 336 g/mol. The molecular weight excluding hydrogens is 312 g/mol. The number of methoxy groups -OCH3 is 1. The minimum absolute atomic E-state index is 0.150. The smallest absolute Gasteiger partial charge is 0.407 e. The molecule has 1 rings (SSSR count). The SMILES string of the molecule is COC(=O)N[C@H](C(=O)N[C@@H](Cc1ccccc1)C(=O)O)C(C)(C)C. The largest absolute Gasteiger partial charge is 0.480 e. The van der Waals surface area contributed by atoms with Crippen LogP contribution < -0.4 is 10.6 Å². The van der Waals surface area contributed by atoms with Crippen LogP contribution in [0.4, 0.5) is 4.79 Å². The van der Waals surface area contributed by atoms with E-state index in [1.807, 2.05) is 6.07 Å². The third-order valence-electron chi connectivity index (χ3n) is 3.47. The van der Waals surface area contributed by atoms with Crippen molar-refractivity contribution in [1.82, 2.24) is 10.6 Å². The van der Waals surface area contributed by atoms with Crippen molar-refractivity contribution in [3.63, 3.8) is 0 Å². The van der Waals surface area contributed by atoms with Crippen LogP contribution in [0.2, 0.25) is 0 Å². The van der Waals surface area contributed by atoms with Gasteiger partial charge in [0.05, 0.1) is 7.11 Å². The number of carboxylic acid groups (broad SMARTS) is 1. The summed E-state index contributed by atoms with van der Waals surface area (Å²) in [7, 11) is 1.20. The Morgan fingerprint density at radius 2 is 1.71 bits per heavy atom. The first-order valence-electron chi connectivity index (χ1n) is 7.56.